The Hall–Kier alpha value is -2.34. The fraction of sp³-hybridized carbons (Fsp3) is 0.333. The van der Waals surface area contributed by atoms with E-state index < -0.39 is 33.9 Å². The predicted octanol–water partition coefficient (Wildman–Crippen LogP) is 1.06. The molecule has 156 valence electrons. The van der Waals surface area contributed by atoms with Crippen molar-refractivity contribution in [3.05, 3.63) is 52.5 Å². The highest BCUT2D eigenvalue weighted by Crippen LogP contribution is 2.22. The molecule has 3 rings (SSSR count). The van der Waals surface area contributed by atoms with E-state index in [-0.39, 0.29) is 24.5 Å². The quantitative estimate of drug-likeness (QED) is 0.653. The van der Waals surface area contributed by atoms with Crippen molar-refractivity contribution in [2.24, 2.45) is 0 Å². The average molecular weight is 442 g/mol. The van der Waals surface area contributed by atoms with E-state index in [9.17, 15) is 22.4 Å². The molecule has 1 aliphatic rings. The number of nitrogens with one attached hydrogen (secondary N) is 2. The summed E-state index contributed by atoms with van der Waals surface area (Å²) in [4.78, 5) is 24.8. The summed E-state index contributed by atoms with van der Waals surface area (Å²) in [5, 5.41) is 6.76. The van der Waals surface area contributed by atoms with Gasteiger partial charge in [-0.15, -0.1) is 11.3 Å². The molecular weight excluding hydrogens is 421 g/mol. The Bertz CT molecular complexity index is 948. The molecule has 2 heterocycles. The summed E-state index contributed by atoms with van der Waals surface area (Å²) in [5.41, 5.74) is 0. The van der Waals surface area contributed by atoms with Crippen molar-refractivity contribution in [3.8, 4) is 0 Å². The lowest BCUT2D eigenvalue weighted by atomic mass is 10.3. The van der Waals surface area contributed by atoms with Gasteiger partial charge >= 0.3 is 11.8 Å². The van der Waals surface area contributed by atoms with E-state index in [0.717, 1.165) is 21.3 Å². The largest absolute Gasteiger partial charge is 0.360 e. The number of sulfonamides is 1. The minimum absolute atomic E-state index is 0.0746. The Kier molecular flexibility index (Phi) is 6.96. The van der Waals surface area contributed by atoms with E-state index in [4.69, 9.17) is 4.74 Å². The van der Waals surface area contributed by atoms with Crippen molar-refractivity contribution in [2.75, 3.05) is 19.7 Å². The molecule has 0 spiro atoms. The summed E-state index contributed by atoms with van der Waals surface area (Å²) in [6, 6.07) is 8.14. The van der Waals surface area contributed by atoms with Crippen molar-refractivity contribution in [2.45, 2.75) is 24.1 Å². The third-order valence-corrected chi connectivity index (χ3v) is 7.00. The minimum atomic E-state index is -3.94. The monoisotopic (exact) mass is 441 g/mol. The second-order valence-corrected chi connectivity index (χ2v) is 9.14. The van der Waals surface area contributed by atoms with Gasteiger partial charge in [-0.05, 0) is 42.1 Å². The second kappa shape index (κ2) is 9.44. The van der Waals surface area contributed by atoms with Gasteiger partial charge in [-0.1, -0.05) is 6.07 Å². The third-order valence-electron chi connectivity index (χ3n) is 4.22. The maximum absolute atomic E-state index is 13.1. The summed E-state index contributed by atoms with van der Waals surface area (Å²) in [6.45, 7) is 0.548. The van der Waals surface area contributed by atoms with Gasteiger partial charge in [0.05, 0.1) is 24.6 Å². The molecule has 0 saturated carbocycles. The Balaban J connectivity index is 1.60. The molecule has 1 aliphatic heterocycles. The standard InChI is InChI=1S/C18H20FN3O5S2/c19-13-4-6-15(7-5-13)29(25,26)22-8-2-9-27-16(22)12-21-18(24)17(23)20-11-14-3-1-10-28-14/h1,3-7,10,16H,2,8-9,11-12H2,(H,20,23)(H,21,24)/t16-/m1/s1. The molecule has 0 unspecified atom stereocenters. The molecule has 2 amide bonds. The molecule has 0 aliphatic carbocycles. The Morgan fingerprint density at radius 1 is 1.17 bits per heavy atom. The number of nitrogens with zero attached hydrogens (tertiary/aromatic N) is 1. The summed E-state index contributed by atoms with van der Waals surface area (Å²) < 4.78 is 45.4. The number of hydrogen-bond donors (Lipinski definition) is 2. The summed E-state index contributed by atoms with van der Waals surface area (Å²) in [6.07, 6.45) is -0.487. The first-order chi connectivity index (χ1) is 13.9. The van der Waals surface area contributed by atoms with Crippen LogP contribution < -0.4 is 10.6 Å². The molecule has 0 bridgehead atoms. The van der Waals surface area contributed by atoms with Crippen LogP contribution in [0.25, 0.3) is 0 Å². The molecule has 11 heteroatoms. The number of carbonyl (C=O) groups is 2. The van der Waals surface area contributed by atoms with Crippen LogP contribution >= 0.6 is 11.3 Å². The molecular formula is C18H20FN3O5S2. The zero-order chi connectivity index (χ0) is 20.9. The predicted molar refractivity (Wildman–Crippen MR) is 104 cm³/mol. The van der Waals surface area contributed by atoms with Gasteiger partial charge in [0.25, 0.3) is 0 Å². The van der Waals surface area contributed by atoms with Crippen LogP contribution in [-0.2, 0) is 30.9 Å². The minimum Gasteiger partial charge on any atom is -0.360 e. The van der Waals surface area contributed by atoms with Gasteiger partial charge in [-0.25, -0.2) is 12.8 Å². The molecule has 1 atom stereocenters. The van der Waals surface area contributed by atoms with Crippen LogP contribution in [0, 0.1) is 5.82 Å². The van der Waals surface area contributed by atoms with Crippen LogP contribution in [0.5, 0.6) is 0 Å². The van der Waals surface area contributed by atoms with Crippen LogP contribution in [0.3, 0.4) is 0 Å². The molecule has 8 nitrogen and oxygen atoms in total. The fourth-order valence-corrected chi connectivity index (χ4v) is 4.98. The van der Waals surface area contributed by atoms with E-state index in [1.54, 1.807) is 0 Å². The van der Waals surface area contributed by atoms with Crippen molar-refractivity contribution < 1.29 is 27.1 Å². The zero-order valence-electron chi connectivity index (χ0n) is 15.3. The Morgan fingerprint density at radius 2 is 1.90 bits per heavy atom. The lowest BCUT2D eigenvalue weighted by Crippen LogP contribution is -2.53. The van der Waals surface area contributed by atoms with Gasteiger partial charge in [0.15, 0.2) is 0 Å². The van der Waals surface area contributed by atoms with Gasteiger partial charge in [-0.3, -0.25) is 9.59 Å². The zero-order valence-corrected chi connectivity index (χ0v) is 17.0. The van der Waals surface area contributed by atoms with Crippen LogP contribution in [0.4, 0.5) is 4.39 Å². The van der Waals surface area contributed by atoms with E-state index in [1.165, 1.54) is 23.5 Å². The van der Waals surface area contributed by atoms with Crippen LogP contribution in [0.15, 0.2) is 46.7 Å². The number of benzene rings is 1. The summed E-state index contributed by atoms with van der Waals surface area (Å²) in [5.74, 6) is -2.24. The van der Waals surface area contributed by atoms with E-state index >= 15 is 0 Å². The number of ether oxygens (including phenoxy) is 1. The van der Waals surface area contributed by atoms with Crippen molar-refractivity contribution in [1.29, 1.82) is 0 Å². The second-order valence-electron chi connectivity index (χ2n) is 6.22. The first-order valence-corrected chi connectivity index (χ1v) is 11.2. The SMILES string of the molecule is O=C(NCc1cccs1)C(=O)NC[C@H]1OCCCN1S(=O)(=O)c1ccc(F)cc1. The summed E-state index contributed by atoms with van der Waals surface area (Å²) >= 11 is 1.45. The highest BCUT2D eigenvalue weighted by Gasteiger charge is 2.34. The van der Waals surface area contributed by atoms with Crippen molar-refractivity contribution in [1.82, 2.24) is 14.9 Å². The molecule has 0 radical (unpaired) electrons. The molecule has 1 fully saturated rings. The maximum Gasteiger partial charge on any atom is 0.309 e. The first kappa shape index (κ1) is 21.4. The topological polar surface area (TPSA) is 105 Å². The van der Waals surface area contributed by atoms with Crippen molar-refractivity contribution >= 4 is 33.2 Å². The first-order valence-electron chi connectivity index (χ1n) is 8.85. The van der Waals surface area contributed by atoms with Crippen LogP contribution in [0.1, 0.15) is 11.3 Å². The van der Waals surface area contributed by atoms with E-state index in [1.807, 2.05) is 17.5 Å². The van der Waals surface area contributed by atoms with Gasteiger partial charge in [0.1, 0.15) is 12.0 Å². The van der Waals surface area contributed by atoms with Crippen molar-refractivity contribution in [3.63, 3.8) is 0 Å². The number of halogens is 1. The fourth-order valence-electron chi connectivity index (χ4n) is 2.77. The Morgan fingerprint density at radius 3 is 2.59 bits per heavy atom. The van der Waals surface area contributed by atoms with Gasteiger partial charge < -0.3 is 15.4 Å². The van der Waals surface area contributed by atoms with E-state index in [2.05, 4.69) is 10.6 Å². The molecule has 2 aromatic rings. The molecule has 29 heavy (non-hydrogen) atoms. The van der Waals surface area contributed by atoms with Crippen LogP contribution in [0.2, 0.25) is 0 Å². The average Bonchev–Trinajstić information content (AvgIpc) is 3.24. The molecule has 2 N–H and O–H groups in total. The number of rotatable bonds is 6. The normalized spacial score (nSPS) is 17.6. The highest BCUT2D eigenvalue weighted by molar-refractivity contribution is 7.89. The molecule has 1 aromatic carbocycles. The molecule has 1 saturated heterocycles. The van der Waals surface area contributed by atoms with Gasteiger partial charge in [-0.2, -0.15) is 4.31 Å². The maximum atomic E-state index is 13.1. The smallest absolute Gasteiger partial charge is 0.309 e. The Labute approximate surface area is 171 Å². The third kappa shape index (κ3) is 5.38. The van der Waals surface area contributed by atoms with Crippen LogP contribution in [-0.4, -0.2) is 50.5 Å². The lowest BCUT2D eigenvalue weighted by molar-refractivity contribution is -0.140. The van der Waals surface area contributed by atoms with E-state index in [0.29, 0.717) is 13.0 Å². The number of hydrogen-bond acceptors (Lipinski definition) is 6. The number of carbonyl (C=O) groups excluding carboxylic acids is 2. The highest BCUT2D eigenvalue weighted by atomic mass is 32.2. The number of amides is 2. The molecule has 1 aromatic heterocycles. The lowest BCUT2D eigenvalue weighted by Gasteiger charge is -2.34. The van der Waals surface area contributed by atoms with Gasteiger partial charge in [0.2, 0.25) is 10.0 Å². The van der Waals surface area contributed by atoms with Gasteiger partial charge in [0, 0.05) is 11.4 Å². The summed E-state index contributed by atoms with van der Waals surface area (Å²) in [7, 11) is -3.94. The number of thiophene rings is 1.